The minimum absolute atomic E-state index is 0.0254. The molecular weight excluding hydrogens is 388 g/mol. The number of aromatic nitrogens is 4. The van der Waals surface area contributed by atoms with E-state index < -0.39 is 0 Å². The third-order valence-corrected chi connectivity index (χ3v) is 5.36. The summed E-state index contributed by atoms with van der Waals surface area (Å²) in [5.74, 6) is 2.12. The highest BCUT2D eigenvalue weighted by Crippen LogP contribution is 2.25. The lowest BCUT2D eigenvalue weighted by atomic mass is 10.2. The van der Waals surface area contributed by atoms with Gasteiger partial charge in [-0.3, -0.25) is 9.36 Å². The van der Waals surface area contributed by atoms with E-state index in [9.17, 15) is 4.79 Å². The molecule has 0 bridgehead atoms. The Morgan fingerprint density at radius 1 is 1.14 bits per heavy atom. The standard InChI is InChI=1S/C21H20N4O3S/c1-3-11-25-20(26)16-9-4-5-10-17(16)22-21(25)29-13-18-23-19(24-28-18)14-7-6-8-15(12-14)27-2/h4-10,12H,3,11,13H2,1-2H3. The molecule has 4 aromatic rings. The molecular formula is C21H20N4O3S. The monoisotopic (exact) mass is 408 g/mol. The van der Waals surface area contributed by atoms with Crippen molar-refractivity contribution in [3.8, 4) is 17.1 Å². The molecule has 0 spiro atoms. The van der Waals surface area contributed by atoms with Crippen LogP contribution in [0, 0.1) is 0 Å². The summed E-state index contributed by atoms with van der Waals surface area (Å²) in [6, 6.07) is 14.9. The van der Waals surface area contributed by atoms with E-state index in [4.69, 9.17) is 9.26 Å². The van der Waals surface area contributed by atoms with Crippen molar-refractivity contribution in [2.45, 2.75) is 30.8 Å². The Balaban J connectivity index is 1.59. The predicted octanol–water partition coefficient (Wildman–Crippen LogP) is 4.16. The maximum Gasteiger partial charge on any atom is 0.262 e. The molecule has 8 heteroatoms. The van der Waals surface area contributed by atoms with Gasteiger partial charge in [0.2, 0.25) is 11.7 Å². The summed E-state index contributed by atoms with van der Waals surface area (Å²) in [6.45, 7) is 2.65. The number of fused-ring (bicyclic) bond motifs is 1. The molecule has 0 radical (unpaired) electrons. The van der Waals surface area contributed by atoms with Gasteiger partial charge in [0.25, 0.3) is 5.56 Å². The minimum Gasteiger partial charge on any atom is -0.497 e. The first-order valence-corrected chi connectivity index (χ1v) is 10.3. The molecule has 29 heavy (non-hydrogen) atoms. The van der Waals surface area contributed by atoms with Gasteiger partial charge in [-0.1, -0.05) is 48.1 Å². The highest BCUT2D eigenvalue weighted by atomic mass is 32.2. The van der Waals surface area contributed by atoms with Gasteiger partial charge in [-0.25, -0.2) is 4.98 Å². The van der Waals surface area contributed by atoms with Gasteiger partial charge >= 0.3 is 0 Å². The third-order valence-electron chi connectivity index (χ3n) is 4.39. The zero-order valence-corrected chi connectivity index (χ0v) is 17.0. The van der Waals surface area contributed by atoms with Gasteiger partial charge in [-0.2, -0.15) is 4.98 Å². The first-order valence-electron chi connectivity index (χ1n) is 9.29. The molecule has 0 fully saturated rings. The number of rotatable bonds is 7. The molecule has 0 unspecified atom stereocenters. The average molecular weight is 408 g/mol. The molecule has 7 nitrogen and oxygen atoms in total. The van der Waals surface area contributed by atoms with Crippen molar-refractivity contribution in [1.29, 1.82) is 0 Å². The summed E-state index contributed by atoms with van der Waals surface area (Å²) in [5, 5.41) is 5.33. The van der Waals surface area contributed by atoms with E-state index >= 15 is 0 Å². The van der Waals surface area contributed by atoms with E-state index in [0.29, 0.717) is 40.1 Å². The summed E-state index contributed by atoms with van der Waals surface area (Å²) >= 11 is 1.42. The van der Waals surface area contributed by atoms with E-state index in [1.807, 2.05) is 55.5 Å². The molecule has 0 N–H and O–H groups in total. The maximum absolute atomic E-state index is 12.8. The van der Waals surface area contributed by atoms with E-state index in [-0.39, 0.29) is 5.56 Å². The van der Waals surface area contributed by atoms with Gasteiger partial charge in [0.1, 0.15) is 5.75 Å². The van der Waals surface area contributed by atoms with Gasteiger partial charge in [-0.15, -0.1) is 0 Å². The van der Waals surface area contributed by atoms with Crippen LogP contribution in [0.25, 0.3) is 22.3 Å². The lowest BCUT2D eigenvalue weighted by molar-refractivity contribution is 0.391. The second-order valence-electron chi connectivity index (χ2n) is 6.40. The molecule has 0 aliphatic carbocycles. The van der Waals surface area contributed by atoms with E-state index in [0.717, 1.165) is 17.7 Å². The number of hydrogen-bond donors (Lipinski definition) is 0. The zero-order valence-electron chi connectivity index (χ0n) is 16.2. The molecule has 2 aromatic carbocycles. The number of thioether (sulfide) groups is 1. The van der Waals surface area contributed by atoms with Crippen molar-refractivity contribution in [3.05, 3.63) is 64.8 Å². The van der Waals surface area contributed by atoms with Crippen LogP contribution in [-0.4, -0.2) is 26.8 Å². The molecule has 0 saturated heterocycles. The van der Waals surface area contributed by atoms with Crippen LogP contribution in [0.15, 0.2) is 63.0 Å². The van der Waals surface area contributed by atoms with E-state index in [1.165, 1.54) is 11.8 Å². The predicted molar refractivity (Wildman–Crippen MR) is 112 cm³/mol. The second kappa shape index (κ2) is 8.48. The Hall–Kier alpha value is -3.13. The summed E-state index contributed by atoms with van der Waals surface area (Å²) in [6.07, 6.45) is 0.841. The Morgan fingerprint density at radius 2 is 2.00 bits per heavy atom. The first-order chi connectivity index (χ1) is 14.2. The lowest BCUT2D eigenvalue weighted by Gasteiger charge is -2.11. The van der Waals surface area contributed by atoms with Crippen molar-refractivity contribution in [2.75, 3.05) is 7.11 Å². The van der Waals surface area contributed by atoms with Gasteiger partial charge in [0.05, 0.1) is 23.8 Å². The smallest absolute Gasteiger partial charge is 0.262 e. The minimum atomic E-state index is -0.0254. The molecule has 0 atom stereocenters. The first kappa shape index (κ1) is 19.2. The molecule has 148 valence electrons. The molecule has 0 aliphatic heterocycles. The highest BCUT2D eigenvalue weighted by Gasteiger charge is 2.14. The summed E-state index contributed by atoms with van der Waals surface area (Å²) in [4.78, 5) is 22.0. The zero-order chi connectivity index (χ0) is 20.2. The fourth-order valence-electron chi connectivity index (χ4n) is 3.00. The average Bonchev–Trinajstić information content (AvgIpc) is 3.24. The van der Waals surface area contributed by atoms with Gasteiger partial charge < -0.3 is 9.26 Å². The topological polar surface area (TPSA) is 83.0 Å². The fraction of sp³-hybridized carbons (Fsp3) is 0.238. The van der Waals surface area contributed by atoms with Crippen molar-refractivity contribution < 1.29 is 9.26 Å². The van der Waals surface area contributed by atoms with Crippen LogP contribution in [0.1, 0.15) is 19.2 Å². The summed E-state index contributed by atoms with van der Waals surface area (Å²) in [7, 11) is 1.61. The van der Waals surface area contributed by atoms with E-state index in [2.05, 4.69) is 15.1 Å². The summed E-state index contributed by atoms with van der Waals surface area (Å²) in [5.41, 5.74) is 1.48. The van der Waals surface area contributed by atoms with Crippen LogP contribution in [-0.2, 0) is 12.3 Å². The number of hydrogen-bond acceptors (Lipinski definition) is 7. The number of para-hydroxylation sites is 1. The Bertz CT molecular complexity index is 1200. The van der Waals surface area contributed by atoms with Gasteiger partial charge in [0, 0.05) is 12.1 Å². The number of methoxy groups -OCH3 is 1. The number of benzene rings is 2. The summed E-state index contributed by atoms with van der Waals surface area (Å²) < 4.78 is 12.3. The third kappa shape index (κ3) is 4.02. The quantitative estimate of drug-likeness (QED) is 0.335. The lowest BCUT2D eigenvalue weighted by Crippen LogP contribution is -2.23. The second-order valence-corrected chi connectivity index (χ2v) is 7.34. The molecule has 0 aliphatic rings. The van der Waals surface area contributed by atoms with Gasteiger partial charge in [-0.05, 0) is 30.7 Å². The van der Waals surface area contributed by atoms with Crippen molar-refractivity contribution in [2.24, 2.45) is 0 Å². The number of nitrogens with zero attached hydrogens (tertiary/aromatic N) is 4. The van der Waals surface area contributed by atoms with Crippen LogP contribution < -0.4 is 10.3 Å². The fourth-order valence-corrected chi connectivity index (χ4v) is 3.86. The highest BCUT2D eigenvalue weighted by molar-refractivity contribution is 7.98. The molecule has 0 saturated carbocycles. The van der Waals surface area contributed by atoms with E-state index in [1.54, 1.807) is 11.7 Å². The van der Waals surface area contributed by atoms with Crippen LogP contribution in [0.5, 0.6) is 5.75 Å². The molecule has 2 aromatic heterocycles. The normalized spacial score (nSPS) is 11.1. The van der Waals surface area contributed by atoms with Crippen LogP contribution in [0.2, 0.25) is 0 Å². The van der Waals surface area contributed by atoms with Gasteiger partial charge in [0.15, 0.2) is 5.16 Å². The Kier molecular flexibility index (Phi) is 5.62. The van der Waals surface area contributed by atoms with Crippen LogP contribution >= 0.6 is 11.8 Å². The Morgan fingerprint density at radius 3 is 2.83 bits per heavy atom. The number of ether oxygens (including phenoxy) is 1. The van der Waals surface area contributed by atoms with Crippen molar-refractivity contribution in [3.63, 3.8) is 0 Å². The molecule has 4 rings (SSSR count). The van der Waals surface area contributed by atoms with Crippen molar-refractivity contribution in [1.82, 2.24) is 19.7 Å². The SMILES string of the molecule is CCCn1c(SCc2nc(-c3cccc(OC)c3)no2)nc2ccccc2c1=O. The molecule has 0 amide bonds. The van der Waals surface area contributed by atoms with Crippen molar-refractivity contribution >= 4 is 22.7 Å². The Labute approximate surface area is 171 Å². The molecule has 2 heterocycles. The maximum atomic E-state index is 12.8. The largest absolute Gasteiger partial charge is 0.497 e. The van der Waals surface area contributed by atoms with Crippen LogP contribution in [0.3, 0.4) is 0 Å². The van der Waals surface area contributed by atoms with Crippen LogP contribution in [0.4, 0.5) is 0 Å².